The van der Waals surface area contributed by atoms with Crippen molar-refractivity contribution in [1.29, 1.82) is 0 Å². The zero-order valence-corrected chi connectivity index (χ0v) is 16.9. The second-order valence-corrected chi connectivity index (χ2v) is 7.67. The first-order chi connectivity index (χ1) is 15.6. The number of hydrogen-bond donors (Lipinski definition) is 0. The summed E-state index contributed by atoms with van der Waals surface area (Å²) < 4.78 is 40.9. The number of hydrogen-bond acceptors (Lipinski definition) is 4. The maximum absolute atomic E-state index is 13.1. The van der Waals surface area contributed by atoms with Gasteiger partial charge in [-0.25, -0.2) is 9.13 Å². The predicted molar refractivity (Wildman–Crippen MR) is 117 cm³/mol. The molecule has 164 valence electrons. The summed E-state index contributed by atoms with van der Waals surface area (Å²) >= 11 is 0. The Balaban J connectivity index is 1.82. The molecule has 33 heavy (non-hydrogen) atoms. The van der Waals surface area contributed by atoms with Crippen LogP contribution < -0.4 is 22.2 Å². The summed E-state index contributed by atoms with van der Waals surface area (Å²) in [5, 5.41) is -0.393. The molecule has 0 unspecified atom stereocenters. The summed E-state index contributed by atoms with van der Waals surface area (Å²) in [4.78, 5) is 52.0. The van der Waals surface area contributed by atoms with Crippen LogP contribution in [0.3, 0.4) is 0 Å². The minimum absolute atomic E-state index is 0.0472. The van der Waals surface area contributed by atoms with Crippen LogP contribution in [0.15, 0.2) is 79.8 Å². The van der Waals surface area contributed by atoms with Crippen LogP contribution in [0.1, 0.15) is 11.1 Å². The summed E-state index contributed by atoms with van der Waals surface area (Å²) in [6, 6.07) is 12.9. The summed E-state index contributed by atoms with van der Waals surface area (Å²) in [6.07, 6.45) is -4.66. The van der Waals surface area contributed by atoms with Crippen molar-refractivity contribution in [2.75, 3.05) is 0 Å². The van der Waals surface area contributed by atoms with Gasteiger partial charge in [0.15, 0.2) is 0 Å². The van der Waals surface area contributed by atoms with Crippen LogP contribution in [0.25, 0.3) is 32.9 Å². The van der Waals surface area contributed by atoms with Gasteiger partial charge in [-0.1, -0.05) is 24.3 Å². The monoisotopic (exact) mass is 450 g/mol. The van der Waals surface area contributed by atoms with Crippen LogP contribution in [-0.2, 0) is 6.18 Å². The van der Waals surface area contributed by atoms with Crippen LogP contribution in [0.5, 0.6) is 0 Å². The highest BCUT2D eigenvalue weighted by Gasteiger charge is 2.31. The SMILES string of the molecule is Cc1ccccc1-n1c(=O)c2cc3c(=O)n(-c4cccc(C(F)(F)F)c4)c(=O)c3cc2c1=O. The molecule has 2 heterocycles. The number of para-hydroxylation sites is 1. The van der Waals surface area contributed by atoms with Crippen LogP contribution in [-0.4, -0.2) is 9.13 Å². The highest BCUT2D eigenvalue weighted by molar-refractivity contribution is 5.98. The van der Waals surface area contributed by atoms with Crippen molar-refractivity contribution in [1.82, 2.24) is 9.13 Å². The summed E-state index contributed by atoms with van der Waals surface area (Å²) in [5.74, 6) is 0. The summed E-state index contributed by atoms with van der Waals surface area (Å²) in [7, 11) is 0. The van der Waals surface area contributed by atoms with E-state index >= 15 is 0 Å². The van der Waals surface area contributed by atoms with E-state index in [1.54, 1.807) is 31.2 Å². The maximum atomic E-state index is 13.1. The molecule has 5 rings (SSSR count). The minimum atomic E-state index is -4.66. The van der Waals surface area contributed by atoms with Gasteiger partial charge < -0.3 is 0 Å². The first-order valence-corrected chi connectivity index (χ1v) is 9.78. The average molecular weight is 450 g/mol. The van der Waals surface area contributed by atoms with E-state index in [0.29, 0.717) is 21.9 Å². The van der Waals surface area contributed by atoms with Gasteiger partial charge in [0.05, 0.1) is 38.5 Å². The van der Waals surface area contributed by atoms with Gasteiger partial charge in [-0.05, 0) is 48.9 Å². The molecule has 0 atom stereocenters. The number of alkyl halides is 3. The predicted octanol–water partition coefficient (Wildman–Crippen LogP) is 3.22. The highest BCUT2D eigenvalue weighted by atomic mass is 19.4. The van der Waals surface area contributed by atoms with Gasteiger partial charge in [0, 0.05) is 0 Å². The largest absolute Gasteiger partial charge is 0.416 e. The fourth-order valence-corrected chi connectivity index (χ4v) is 4.06. The van der Waals surface area contributed by atoms with Crippen molar-refractivity contribution >= 4 is 21.5 Å². The van der Waals surface area contributed by atoms with Gasteiger partial charge in [-0.3, -0.25) is 19.2 Å². The summed E-state index contributed by atoms with van der Waals surface area (Å²) in [6.45, 7) is 1.73. The zero-order chi connectivity index (χ0) is 23.7. The van der Waals surface area contributed by atoms with E-state index in [0.717, 1.165) is 28.8 Å². The Kier molecular flexibility index (Phi) is 4.29. The first-order valence-electron chi connectivity index (χ1n) is 9.78. The zero-order valence-electron chi connectivity index (χ0n) is 16.9. The number of rotatable bonds is 2. The molecule has 6 nitrogen and oxygen atoms in total. The molecular weight excluding hydrogens is 437 g/mol. The molecule has 0 saturated carbocycles. The Hall–Kier alpha value is -4.27. The molecule has 0 amide bonds. The number of fused-ring (bicyclic) bond motifs is 2. The fraction of sp³-hybridized carbons (Fsp3) is 0.0833. The van der Waals surface area contributed by atoms with E-state index in [-0.39, 0.29) is 27.2 Å². The molecule has 5 aromatic rings. The second-order valence-electron chi connectivity index (χ2n) is 7.67. The third-order valence-corrected chi connectivity index (χ3v) is 5.68. The third kappa shape index (κ3) is 2.96. The molecule has 3 aromatic carbocycles. The van der Waals surface area contributed by atoms with E-state index in [9.17, 15) is 32.3 Å². The summed E-state index contributed by atoms with van der Waals surface area (Å²) in [5.41, 5.74) is -3.24. The van der Waals surface area contributed by atoms with Crippen molar-refractivity contribution < 1.29 is 13.2 Å². The minimum Gasteiger partial charge on any atom is -0.268 e. The molecule has 0 fully saturated rings. The van der Waals surface area contributed by atoms with Gasteiger partial charge in [0.1, 0.15) is 0 Å². The van der Waals surface area contributed by atoms with E-state index in [1.165, 1.54) is 6.07 Å². The Morgan fingerprint density at radius 3 is 1.67 bits per heavy atom. The quantitative estimate of drug-likeness (QED) is 0.414. The van der Waals surface area contributed by atoms with Crippen molar-refractivity contribution in [3.05, 3.63) is 113 Å². The van der Waals surface area contributed by atoms with Gasteiger partial charge in [-0.15, -0.1) is 0 Å². The standard InChI is InChI=1S/C24H13F3N2O4/c1-12-5-2-3-8-19(12)29-22(32)17-10-15-16(11-18(17)23(29)33)21(31)28(20(15)30)14-7-4-6-13(9-14)24(25,26)27/h2-11H,1H3. The topological polar surface area (TPSA) is 78.1 Å². The van der Waals surface area contributed by atoms with Crippen LogP contribution in [0.4, 0.5) is 13.2 Å². The normalized spacial score (nSPS) is 12.1. The molecule has 0 aliphatic heterocycles. The first kappa shape index (κ1) is 20.6. The number of nitrogens with zero attached hydrogens (tertiary/aromatic N) is 2. The van der Waals surface area contributed by atoms with E-state index in [4.69, 9.17) is 0 Å². The second kappa shape index (κ2) is 6.86. The number of aromatic nitrogens is 2. The highest BCUT2D eigenvalue weighted by Crippen LogP contribution is 2.30. The van der Waals surface area contributed by atoms with E-state index in [2.05, 4.69) is 0 Å². The lowest BCUT2D eigenvalue weighted by atomic mass is 10.1. The molecule has 0 saturated heterocycles. The third-order valence-electron chi connectivity index (χ3n) is 5.68. The van der Waals surface area contributed by atoms with Gasteiger partial charge in [0.2, 0.25) is 0 Å². The smallest absolute Gasteiger partial charge is 0.268 e. The number of benzene rings is 3. The van der Waals surface area contributed by atoms with Crippen molar-refractivity contribution in [2.24, 2.45) is 0 Å². The molecule has 0 aliphatic carbocycles. The lowest BCUT2D eigenvalue weighted by molar-refractivity contribution is -0.137. The van der Waals surface area contributed by atoms with E-state index in [1.807, 2.05) is 0 Å². The fourth-order valence-electron chi connectivity index (χ4n) is 4.06. The van der Waals surface area contributed by atoms with Gasteiger partial charge >= 0.3 is 6.18 Å². The average Bonchev–Trinajstić information content (AvgIpc) is 3.17. The van der Waals surface area contributed by atoms with Crippen LogP contribution in [0.2, 0.25) is 0 Å². The lowest BCUT2D eigenvalue weighted by Gasteiger charge is -2.08. The molecular formula is C24H13F3N2O4. The molecule has 0 spiro atoms. The number of halogens is 3. The molecule has 0 bridgehead atoms. The Bertz CT molecular complexity index is 1720. The Morgan fingerprint density at radius 2 is 1.15 bits per heavy atom. The van der Waals surface area contributed by atoms with E-state index < -0.39 is 34.0 Å². The maximum Gasteiger partial charge on any atom is 0.416 e. The van der Waals surface area contributed by atoms with Crippen LogP contribution >= 0.6 is 0 Å². The molecule has 9 heteroatoms. The lowest BCUT2D eigenvalue weighted by Crippen LogP contribution is -2.24. The number of aryl methyl sites for hydroxylation is 1. The Morgan fingerprint density at radius 1 is 0.636 bits per heavy atom. The molecule has 0 radical (unpaired) electrons. The molecule has 2 aromatic heterocycles. The Labute approximate surface area is 182 Å². The van der Waals surface area contributed by atoms with Gasteiger partial charge in [-0.2, -0.15) is 13.2 Å². The van der Waals surface area contributed by atoms with Crippen molar-refractivity contribution in [2.45, 2.75) is 13.1 Å². The molecule has 0 N–H and O–H groups in total. The molecule has 0 aliphatic rings. The van der Waals surface area contributed by atoms with Crippen molar-refractivity contribution in [3.8, 4) is 11.4 Å². The van der Waals surface area contributed by atoms with Crippen molar-refractivity contribution in [3.63, 3.8) is 0 Å². The van der Waals surface area contributed by atoms with Gasteiger partial charge in [0.25, 0.3) is 22.2 Å². The van der Waals surface area contributed by atoms with Crippen LogP contribution in [0, 0.1) is 6.92 Å².